The number of hydrogen-bond acceptors (Lipinski definition) is 13. The Morgan fingerprint density at radius 2 is 1.35 bits per heavy atom. The highest BCUT2D eigenvalue weighted by atomic mass is 32.2. The summed E-state index contributed by atoms with van der Waals surface area (Å²) in [6.07, 6.45) is 22.2. The highest BCUT2D eigenvalue weighted by Crippen LogP contribution is 2.17. The van der Waals surface area contributed by atoms with E-state index in [9.17, 15) is 32.4 Å². The number of ketones is 2. The lowest BCUT2D eigenvalue weighted by molar-refractivity contribution is -0.127. The number of amides is 3. The van der Waals surface area contributed by atoms with Crippen LogP contribution in [0.25, 0.3) is 0 Å². The molecule has 0 aliphatic rings. The molecule has 340 valence electrons. The van der Waals surface area contributed by atoms with Crippen molar-refractivity contribution in [1.82, 2.24) is 45.9 Å². The van der Waals surface area contributed by atoms with Gasteiger partial charge in [-0.1, -0.05) is 82.3 Å². The molecule has 2 aromatic rings. The molecule has 3 amide bonds. The van der Waals surface area contributed by atoms with Gasteiger partial charge in [0.25, 0.3) is 0 Å². The van der Waals surface area contributed by atoms with Gasteiger partial charge >= 0.3 is 0 Å². The molecule has 0 aliphatic carbocycles. The normalized spacial score (nSPS) is 11.9. The highest BCUT2D eigenvalue weighted by Gasteiger charge is 2.19. The van der Waals surface area contributed by atoms with Gasteiger partial charge in [0.1, 0.15) is 18.2 Å². The second kappa shape index (κ2) is 33.6. The number of imidazole rings is 1. The molecule has 0 spiro atoms. The first-order chi connectivity index (χ1) is 29.0. The molecular formula is C41H71N9O9S. The van der Waals surface area contributed by atoms with Gasteiger partial charge in [0.05, 0.1) is 31.9 Å². The molecule has 0 aromatic carbocycles. The van der Waals surface area contributed by atoms with E-state index < -0.39 is 15.9 Å². The van der Waals surface area contributed by atoms with Gasteiger partial charge < -0.3 is 25.1 Å². The smallest absolute Gasteiger partial charge is 0.245 e. The molecular weight excluding hydrogens is 795 g/mol. The first-order valence-electron chi connectivity index (χ1n) is 22.0. The number of aryl methyl sites for hydroxylation is 2. The number of Topliss-reactive ketones (excluding diaryl/α,β-unsaturated/α-hetero) is 2. The third kappa shape index (κ3) is 29.2. The number of carbonyl (C=O) groups excluding carboxylic acids is 5. The van der Waals surface area contributed by atoms with Gasteiger partial charge in [0.15, 0.2) is 5.82 Å². The van der Waals surface area contributed by atoms with Crippen molar-refractivity contribution in [2.24, 2.45) is 5.92 Å². The minimum atomic E-state index is -3.80. The minimum Gasteiger partial charge on any atom is -0.377 e. The Balaban J connectivity index is 1.32. The molecule has 2 rings (SSSR count). The van der Waals surface area contributed by atoms with Crippen LogP contribution in [0.1, 0.15) is 153 Å². The third-order valence-electron chi connectivity index (χ3n) is 10.0. The van der Waals surface area contributed by atoms with E-state index in [0.29, 0.717) is 45.1 Å². The Kier molecular flexibility index (Phi) is 29.1. The van der Waals surface area contributed by atoms with Crippen LogP contribution in [0.4, 0.5) is 0 Å². The lowest BCUT2D eigenvalue weighted by atomic mass is 9.91. The summed E-state index contributed by atoms with van der Waals surface area (Å²) in [6, 6.07) is 0. The number of nitrogens with one attached hydrogen (secondary N) is 5. The van der Waals surface area contributed by atoms with E-state index in [-0.39, 0.29) is 93.7 Å². The fourth-order valence-electron chi connectivity index (χ4n) is 6.55. The number of hydrogen-bond donors (Lipinski definition) is 5. The molecule has 18 nitrogen and oxygen atoms in total. The first-order valence-corrected chi connectivity index (χ1v) is 23.6. The topological polar surface area (TPSA) is 257 Å². The molecule has 0 radical (unpaired) electrons. The fourth-order valence-corrected chi connectivity index (χ4v) is 7.63. The Bertz CT molecular complexity index is 1560. The van der Waals surface area contributed by atoms with Gasteiger partial charge in [0.2, 0.25) is 27.7 Å². The molecule has 0 saturated heterocycles. The Labute approximate surface area is 356 Å². The molecule has 2 aromatic heterocycles. The lowest BCUT2D eigenvalue weighted by Crippen LogP contribution is -2.33. The summed E-state index contributed by atoms with van der Waals surface area (Å²) in [4.78, 5) is 67.5. The number of nitrogens with zero attached hydrogens (tertiary/aromatic N) is 4. The SMILES string of the molecule is CC(=O)[C@H](CCCCNC(=O)COCCOCCNC(=O)CCCS(=O)(=O)NC(=O)CCCCCCCCCCCCCCCc1nn[nH]n1)CC(=O)CCc1cnc[nH]1. The predicted octanol–water partition coefficient (Wildman–Crippen LogP) is 4.39. The number of H-pyrrole nitrogens is 2. The van der Waals surface area contributed by atoms with E-state index in [2.05, 4.69) is 45.9 Å². The summed E-state index contributed by atoms with van der Waals surface area (Å²) in [5.41, 5.74) is 0.888. The summed E-state index contributed by atoms with van der Waals surface area (Å²) in [6.45, 7) is 2.69. The number of carbonyl (C=O) groups is 5. The molecule has 60 heavy (non-hydrogen) atoms. The molecule has 0 saturated carbocycles. The van der Waals surface area contributed by atoms with Crippen molar-refractivity contribution in [2.45, 2.75) is 155 Å². The van der Waals surface area contributed by atoms with Crippen LogP contribution in [0.2, 0.25) is 0 Å². The summed E-state index contributed by atoms with van der Waals surface area (Å²) in [5, 5.41) is 19.4. The quantitative estimate of drug-likeness (QED) is 0.0584. The van der Waals surface area contributed by atoms with Gasteiger partial charge in [-0.05, 0) is 45.4 Å². The van der Waals surface area contributed by atoms with Crippen molar-refractivity contribution in [2.75, 3.05) is 45.3 Å². The van der Waals surface area contributed by atoms with Crippen molar-refractivity contribution in [3.8, 4) is 0 Å². The second-order valence-corrected chi connectivity index (χ2v) is 17.2. The average molecular weight is 866 g/mol. The van der Waals surface area contributed by atoms with E-state index in [0.717, 1.165) is 43.6 Å². The summed E-state index contributed by atoms with van der Waals surface area (Å²) >= 11 is 0. The van der Waals surface area contributed by atoms with E-state index in [1.54, 1.807) is 12.5 Å². The van der Waals surface area contributed by atoms with Crippen LogP contribution in [0.3, 0.4) is 0 Å². The number of ether oxygens (including phenoxy) is 2. The van der Waals surface area contributed by atoms with Crippen LogP contribution in [-0.4, -0.2) is 114 Å². The number of aromatic amines is 2. The zero-order valence-corrected chi connectivity index (χ0v) is 36.6. The van der Waals surface area contributed by atoms with E-state index in [4.69, 9.17) is 9.47 Å². The molecule has 5 N–H and O–H groups in total. The van der Waals surface area contributed by atoms with Crippen molar-refractivity contribution in [3.63, 3.8) is 0 Å². The number of rotatable bonds is 40. The molecule has 0 aliphatic heterocycles. The Morgan fingerprint density at radius 1 is 0.700 bits per heavy atom. The van der Waals surface area contributed by atoms with Gasteiger partial charge in [-0.15, -0.1) is 10.2 Å². The molecule has 19 heteroatoms. The van der Waals surface area contributed by atoms with E-state index >= 15 is 0 Å². The number of unbranched alkanes of at least 4 members (excludes halogenated alkanes) is 13. The highest BCUT2D eigenvalue weighted by molar-refractivity contribution is 7.90. The summed E-state index contributed by atoms with van der Waals surface area (Å²) in [7, 11) is -3.80. The van der Waals surface area contributed by atoms with Crippen molar-refractivity contribution in [1.29, 1.82) is 0 Å². The van der Waals surface area contributed by atoms with Crippen molar-refractivity contribution in [3.05, 3.63) is 24.0 Å². The van der Waals surface area contributed by atoms with Crippen LogP contribution in [-0.2, 0) is 56.3 Å². The van der Waals surface area contributed by atoms with Crippen LogP contribution in [0, 0.1) is 5.92 Å². The number of tetrazole rings is 1. The van der Waals surface area contributed by atoms with Gasteiger partial charge in [-0.2, -0.15) is 5.21 Å². The molecule has 0 unspecified atom stereocenters. The van der Waals surface area contributed by atoms with Crippen LogP contribution >= 0.6 is 0 Å². The number of aromatic nitrogens is 6. The Morgan fingerprint density at radius 3 is 2.00 bits per heavy atom. The zero-order chi connectivity index (χ0) is 43.5. The molecule has 0 fully saturated rings. The monoisotopic (exact) mass is 866 g/mol. The van der Waals surface area contributed by atoms with E-state index in [1.165, 1.54) is 58.3 Å². The van der Waals surface area contributed by atoms with Gasteiger partial charge in [0, 0.05) is 63.0 Å². The number of sulfonamides is 1. The average Bonchev–Trinajstić information content (AvgIpc) is 3.94. The van der Waals surface area contributed by atoms with Crippen molar-refractivity contribution >= 4 is 39.3 Å². The standard InChI is InChI=1S/C41H71N9O9S/c1-34(51)35(30-37(52)23-22-36-31-42-33-45-36)18-15-16-24-43-41(55)32-59-28-27-58-26-25-44-39(53)21-17-29-60(56,57)48-40(54)20-14-12-10-8-6-4-2-3-5-7-9-11-13-19-38-46-49-50-47-38/h31,33,35H,2-30,32H2,1H3,(H,42,45)(H,43,55)(H,44,53)(H,48,54)(H,46,47,49,50)/t35-/m1/s1. The molecule has 0 bridgehead atoms. The largest absolute Gasteiger partial charge is 0.377 e. The maximum absolute atomic E-state index is 12.3. The first kappa shape index (κ1) is 52.0. The van der Waals surface area contributed by atoms with Gasteiger partial charge in [-0.25, -0.2) is 13.4 Å². The predicted molar refractivity (Wildman–Crippen MR) is 226 cm³/mol. The second-order valence-electron chi connectivity index (χ2n) is 15.4. The fraction of sp³-hybridized carbons (Fsp3) is 0.780. The van der Waals surface area contributed by atoms with Crippen LogP contribution in [0.15, 0.2) is 12.5 Å². The van der Waals surface area contributed by atoms with Gasteiger partial charge in [-0.3, -0.25) is 28.7 Å². The van der Waals surface area contributed by atoms with Crippen molar-refractivity contribution < 1.29 is 41.9 Å². The Hall–Kier alpha value is -4.10. The molecule has 1 atom stereocenters. The zero-order valence-electron chi connectivity index (χ0n) is 35.8. The minimum absolute atomic E-state index is 0.00115. The summed E-state index contributed by atoms with van der Waals surface area (Å²) in [5.74, 6) is -0.889. The lowest BCUT2D eigenvalue weighted by Gasteiger charge is -2.13. The maximum atomic E-state index is 12.3. The molecule has 2 heterocycles. The summed E-state index contributed by atoms with van der Waals surface area (Å²) < 4.78 is 37.4. The van der Waals surface area contributed by atoms with Crippen LogP contribution in [0.5, 0.6) is 0 Å². The van der Waals surface area contributed by atoms with E-state index in [1.807, 2.05) is 0 Å². The third-order valence-corrected chi connectivity index (χ3v) is 11.4. The maximum Gasteiger partial charge on any atom is 0.245 e. The van der Waals surface area contributed by atoms with Crippen LogP contribution < -0.4 is 15.4 Å².